The monoisotopic (exact) mass is 802 g/mol. The number of ether oxygens (including phenoxy) is 1. The highest BCUT2D eigenvalue weighted by Gasteiger charge is 2.32. The second-order valence-electron chi connectivity index (χ2n) is 15.6. The van der Waals surface area contributed by atoms with Crippen molar-refractivity contribution in [2.45, 2.75) is 70.5 Å². The van der Waals surface area contributed by atoms with Gasteiger partial charge in [0.1, 0.15) is 0 Å². The Morgan fingerprint density at radius 3 is 1.86 bits per heavy atom. The zero-order chi connectivity index (χ0) is 39.1. The molecule has 3 N–H and O–H groups in total. The number of imidazole rings is 2. The number of nitrogens with one attached hydrogen (secondary N) is 2. The van der Waals surface area contributed by atoms with Gasteiger partial charge < -0.3 is 29.6 Å². The maximum absolute atomic E-state index is 13.7. The predicted octanol–water partition coefficient (Wildman–Crippen LogP) is 6.42. The van der Waals surface area contributed by atoms with E-state index in [1.807, 2.05) is 35.4 Å². The van der Waals surface area contributed by atoms with E-state index in [-0.39, 0.29) is 17.7 Å². The first-order valence-electron chi connectivity index (χ1n) is 19.6. The minimum atomic E-state index is -0.686. The number of rotatable bonds is 9. The molecular formula is C41H48Cl2N8O5. The molecule has 56 heavy (non-hydrogen) atoms. The molecule has 2 fully saturated rings. The molecule has 3 aliphatic heterocycles. The lowest BCUT2D eigenvalue weighted by atomic mass is 9.81. The maximum atomic E-state index is 13.7. The van der Waals surface area contributed by atoms with Crippen LogP contribution in [-0.4, -0.2) is 90.7 Å². The van der Waals surface area contributed by atoms with Gasteiger partial charge in [-0.2, -0.15) is 0 Å². The average Bonchev–Trinajstić information content (AvgIpc) is 3.72. The van der Waals surface area contributed by atoms with E-state index in [9.17, 15) is 19.5 Å². The number of carbonyl (C=O) groups excluding carboxylic acids is 2. The van der Waals surface area contributed by atoms with Crippen LogP contribution in [0.5, 0.6) is 0 Å². The van der Waals surface area contributed by atoms with Gasteiger partial charge in [0.15, 0.2) is 11.6 Å². The van der Waals surface area contributed by atoms with Crippen LogP contribution in [0.3, 0.4) is 0 Å². The molecular weight excluding hydrogens is 755 g/mol. The number of aromatic nitrogens is 4. The minimum absolute atomic E-state index is 0.224. The van der Waals surface area contributed by atoms with E-state index in [1.165, 1.54) is 0 Å². The van der Waals surface area contributed by atoms with Crippen molar-refractivity contribution < 1.29 is 24.2 Å². The van der Waals surface area contributed by atoms with E-state index in [2.05, 4.69) is 20.4 Å². The van der Waals surface area contributed by atoms with Gasteiger partial charge in [0.2, 0.25) is 0 Å². The Kier molecular flexibility index (Phi) is 11.2. The highest BCUT2D eigenvalue weighted by molar-refractivity contribution is 6.40. The van der Waals surface area contributed by atoms with E-state index in [1.54, 1.807) is 24.3 Å². The van der Waals surface area contributed by atoms with E-state index < -0.39 is 5.97 Å². The van der Waals surface area contributed by atoms with E-state index >= 15 is 0 Å². The molecule has 2 amide bonds. The molecule has 2 aromatic heterocycles. The Hall–Kier alpha value is -4.27. The summed E-state index contributed by atoms with van der Waals surface area (Å²) in [5.74, 6) is -0.534. The molecule has 13 nitrogen and oxygen atoms in total. The molecule has 0 bridgehead atoms. The lowest BCUT2D eigenvalue weighted by Crippen LogP contribution is -2.42. The van der Waals surface area contributed by atoms with Crippen LogP contribution in [0.2, 0.25) is 10.0 Å². The van der Waals surface area contributed by atoms with Gasteiger partial charge in [0.25, 0.3) is 11.8 Å². The maximum Gasteiger partial charge on any atom is 0.306 e. The molecule has 0 radical (unpaired) electrons. The molecule has 5 heterocycles. The number of amides is 2. The Balaban J connectivity index is 0.937. The number of hydrogen-bond acceptors (Lipinski definition) is 8. The summed E-state index contributed by atoms with van der Waals surface area (Å²) in [4.78, 5) is 53.2. The van der Waals surface area contributed by atoms with Crippen LogP contribution in [0.4, 0.5) is 11.4 Å². The molecule has 0 spiro atoms. The number of carbonyl (C=O) groups is 3. The number of carboxylic acids is 1. The standard InChI is InChI=1S/C41H48Cl2N8O5/c1-48-33-13-17-50(21-24-9-11-25(12-10-24)41(54)55)22-31(33)44-37(48)39(52)46-29-7-3-5-27(35(29)42)28-6-4-8-30(36(28)43)47-40(53)38-45-32-23-51(18-14-34(32)49(38)2)26-15-19-56-20-16-26/h3-8,24-26H,9-23H2,1-2H3,(H,46,52)(H,47,53)(H,54,55). The number of carboxylic acid groups (broad SMARTS) is 1. The lowest BCUT2D eigenvalue weighted by molar-refractivity contribution is -0.143. The van der Waals surface area contributed by atoms with Crippen LogP contribution in [0.1, 0.15) is 82.5 Å². The molecule has 0 atom stereocenters. The Bertz CT molecular complexity index is 2150. The summed E-state index contributed by atoms with van der Waals surface area (Å²) in [5.41, 5.74) is 5.95. The van der Waals surface area contributed by atoms with Crippen LogP contribution in [-0.2, 0) is 49.6 Å². The summed E-state index contributed by atoms with van der Waals surface area (Å²) >= 11 is 13.9. The van der Waals surface area contributed by atoms with Crippen LogP contribution >= 0.6 is 23.2 Å². The largest absolute Gasteiger partial charge is 0.481 e. The Labute approximate surface area is 336 Å². The average molecular weight is 804 g/mol. The first-order valence-corrected chi connectivity index (χ1v) is 20.4. The highest BCUT2D eigenvalue weighted by Crippen LogP contribution is 2.41. The molecule has 1 saturated carbocycles. The number of anilines is 2. The van der Waals surface area contributed by atoms with Crippen LogP contribution in [0, 0.1) is 11.8 Å². The zero-order valence-corrected chi connectivity index (χ0v) is 33.3. The lowest BCUT2D eigenvalue weighted by Gasteiger charge is -2.36. The second kappa shape index (κ2) is 16.3. The molecule has 0 unspecified atom stereocenters. The molecule has 15 heteroatoms. The fourth-order valence-electron chi connectivity index (χ4n) is 9.04. The Morgan fingerprint density at radius 1 is 0.768 bits per heavy atom. The number of hydrogen-bond donors (Lipinski definition) is 3. The summed E-state index contributed by atoms with van der Waals surface area (Å²) < 4.78 is 9.30. The topological polar surface area (TPSA) is 147 Å². The third kappa shape index (κ3) is 7.71. The number of fused-ring (bicyclic) bond motifs is 2. The molecule has 4 aliphatic rings. The number of aliphatic carboxylic acids is 1. The van der Waals surface area contributed by atoms with Crippen LogP contribution in [0.15, 0.2) is 36.4 Å². The zero-order valence-electron chi connectivity index (χ0n) is 31.8. The van der Waals surface area contributed by atoms with Crippen LogP contribution in [0.25, 0.3) is 11.1 Å². The molecule has 8 rings (SSSR count). The van der Waals surface area contributed by atoms with E-state index in [0.717, 1.165) is 107 Å². The van der Waals surface area contributed by atoms with Gasteiger partial charge >= 0.3 is 5.97 Å². The van der Waals surface area contributed by atoms with Gasteiger partial charge in [-0.15, -0.1) is 0 Å². The van der Waals surface area contributed by atoms with Crippen molar-refractivity contribution in [2.75, 3.05) is 43.5 Å². The summed E-state index contributed by atoms with van der Waals surface area (Å²) in [6.45, 7) is 5.61. The predicted molar refractivity (Wildman–Crippen MR) is 214 cm³/mol. The quantitative estimate of drug-likeness (QED) is 0.175. The molecule has 1 saturated heterocycles. The van der Waals surface area contributed by atoms with Gasteiger partial charge in [-0.05, 0) is 56.6 Å². The van der Waals surface area contributed by atoms with Crippen molar-refractivity contribution in [3.05, 3.63) is 80.9 Å². The molecule has 296 valence electrons. The molecule has 2 aromatic carbocycles. The van der Waals surface area contributed by atoms with Crippen molar-refractivity contribution in [1.29, 1.82) is 0 Å². The van der Waals surface area contributed by atoms with Gasteiger partial charge in [0.05, 0.1) is 38.7 Å². The Morgan fingerprint density at radius 2 is 1.30 bits per heavy atom. The van der Waals surface area contributed by atoms with Crippen molar-refractivity contribution in [3.63, 3.8) is 0 Å². The minimum Gasteiger partial charge on any atom is -0.481 e. The number of halogens is 2. The van der Waals surface area contributed by atoms with Gasteiger partial charge in [-0.3, -0.25) is 24.2 Å². The van der Waals surface area contributed by atoms with E-state index in [0.29, 0.717) is 69.2 Å². The summed E-state index contributed by atoms with van der Waals surface area (Å²) in [6.07, 6.45) is 6.92. The second-order valence-corrected chi connectivity index (χ2v) is 16.4. The van der Waals surface area contributed by atoms with E-state index in [4.69, 9.17) is 37.9 Å². The third-order valence-electron chi connectivity index (χ3n) is 12.2. The summed E-state index contributed by atoms with van der Waals surface area (Å²) in [6, 6.07) is 11.2. The fourth-order valence-corrected chi connectivity index (χ4v) is 9.59. The smallest absolute Gasteiger partial charge is 0.306 e. The first-order chi connectivity index (χ1) is 27.0. The van der Waals surface area contributed by atoms with Crippen molar-refractivity contribution in [1.82, 2.24) is 28.9 Å². The van der Waals surface area contributed by atoms with Crippen molar-refractivity contribution in [2.24, 2.45) is 25.9 Å². The first kappa shape index (κ1) is 38.6. The molecule has 4 aromatic rings. The highest BCUT2D eigenvalue weighted by atomic mass is 35.5. The van der Waals surface area contributed by atoms with Gasteiger partial charge in [-0.25, -0.2) is 9.97 Å². The summed E-state index contributed by atoms with van der Waals surface area (Å²) in [7, 11) is 3.75. The number of benzene rings is 2. The van der Waals surface area contributed by atoms with Gasteiger partial charge in [-0.1, -0.05) is 47.5 Å². The van der Waals surface area contributed by atoms with Crippen molar-refractivity contribution >= 4 is 52.4 Å². The van der Waals surface area contributed by atoms with Crippen molar-refractivity contribution in [3.8, 4) is 11.1 Å². The normalized spacial score (nSPS) is 20.6. The molecule has 1 aliphatic carbocycles. The van der Waals surface area contributed by atoms with Crippen LogP contribution < -0.4 is 10.6 Å². The third-order valence-corrected chi connectivity index (χ3v) is 13.0. The number of nitrogens with zero attached hydrogens (tertiary/aromatic N) is 6. The fraction of sp³-hybridized carbons (Fsp3) is 0.488. The summed E-state index contributed by atoms with van der Waals surface area (Å²) in [5, 5.41) is 15.9. The SMILES string of the molecule is Cn1c(C(=O)Nc2cccc(-c3cccc(NC(=O)c4nc5c(n4C)CCN(C4CCOCC4)C5)c3Cl)c2Cl)nc2c1CCN(CC1CCC(C(=O)O)CC1)C2. The van der Waals surface area contributed by atoms with Gasteiger partial charge in [0, 0.05) is 101 Å².